The van der Waals surface area contributed by atoms with E-state index in [-0.39, 0.29) is 12.1 Å². The molecule has 0 spiro atoms. The van der Waals surface area contributed by atoms with E-state index < -0.39 is 0 Å². The van der Waals surface area contributed by atoms with Crippen molar-refractivity contribution in [2.24, 2.45) is 5.73 Å². The Hall–Kier alpha value is -1.55. The molecule has 0 aliphatic rings. The van der Waals surface area contributed by atoms with Gasteiger partial charge in [-0.05, 0) is 31.9 Å². The first-order chi connectivity index (χ1) is 8.72. The summed E-state index contributed by atoms with van der Waals surface area (Å²) in [5.41, 5.74) is 6.41. The van der Waals surface area contributed by atoms with Gasteiger partial charge >= 0.3 is 6.09 Å². The Morgan fingerprint density at radius 2 is 2.06 bits per heavy atom. The van der Waals surface area contributed by atoms with Crippen LogP contribution in [-0.4, -0.2) is 18.7 Å². The largest absolute Gasteiger partial charge is 0.445 e. The summed E-state index contributed by atoms with van der Waals surface area (Å²) >= 11 is 0. The lowest BCUT2D eigenvalue weighted by molar-refractivity contribution is 0.136. The molecule has 0 aliphatic heterocycles. The summed E-state index contributed by atoms with van der Waals surface area (Å²) in [7, 11) is 0. The van der Waals surface area contributed by atoms with Gasteiger partial charge in [0.05, 0.1) is 0 Å². The lowest BCUT2D eigenvalue weighted by Crippen LogP contribution is -2.33. The van der Waals surface area contributed by atoms with Crippen LogP contribution in [0.1, 0.15) is 31.7 Å². The third-order valence-electron chi connectivity index (χ3n) is 2.67. The van der Waals surface area contributed by atoms with Crippen LogP contribution in [0, 0.1) is 0 Å². The molecule has 0 aromatic heterocycles. The van der Waals surface area contributed by atoms with Crippen LogP contribution < -0.4 is 11.1 Å². The van der Waals surface area contributed by atoms with E-state index in [1.165, 1.54) is 0 Å². The van der Waals surface area contributed by atoms with Crippen molar-refractivity contribution < 1.29 is 9.53 Å². The fourth-order valence-corrected chi connectivity index (χ4v) is 1.63. The molecule has 1 atom stereocenters. The Kier molecular flexibility index (Phi) is 6.87. The molecule has 1 aromatic rings. The van der Waals surface area contributed by atoms with Gasteiger partial charge in [-0.3, -0.25) is 0 Å². The Labute approximate surface area is 109 Å². The van der Waals surface area contributed by atoms with E-state index in [1.807, 2.05) is 37.3 Å². The van der Waals surface area contributed by atoms with Crippen LogP contribution >= 0.6 is 0 Å². The number of carbonyl (C=O) groups is 1. The van der Waals surface area contributed by atoms with E-state index in [0.717, 1.165) is 24.8 Å². The molecule has 0 bridgehead atoms. The number of nitrogens with one attached hydrogen (secondary N) is 1. The highest BCUT2D eigenvalue weighted by Gasteiger charge is 2.07. The van der Waals surface area contributed by atoms with E-state index in [9.17, 15) is 4.79 Å². The zero-order valence-electron chi connectivity index (χ0n) is 10.9. The first-order valence-electron chi connectivity index (χ1n) is 6.39. The van der Waals surface area contributed by atoms with Crippen molar-refractivity contribution in [1.82, 2.24) is 5.32 Å². The second kappa shape index (κ2) is 8.53. The van der Waals surface area contributed by atoms with Crippen molar-refractivity contribution in [2.75, 3.05) is 6.54 Å². The Morgan fingerprint density at radius 1 is 1.33 bits per heavy atom. The van der Waals surface area contributed by atoms with E-state index in [0.29, 0.717) is 13.2 Å². The molecule has 100 valence electrons. The van der Waals surface area contributed by atoms with Gasteiger partial charge in [-0.15, -0.1) is 0 Å². The minimum Gasteiger partial charge on any atom is -0.445 e. The number of hydrogen-bond acceptors (Lipinski definition) is 3. The van der Waals surface area contributed by atoms with Gasteiger partial charge in [0, 0.05) is 6.04 Å². The Morgan fingerprint density at radius 3 is 2.72 bits per heavy atom. The number of benzene rings is 1. The quantitative estimate of drug-likeness (QED) is 0.730. The molecule has 1 aromatic carbocycles. The molecule has 0 radical (unpaired) electrons. The van der Waals surface area contributed by atoms with Gasteiger partial charge in [-0.25, -0.2) is 4.79 Å². The summed E-state index contributed by atoms with van der Waals surface area (Å²) in [4.78, 5) is 11.5. The van der Waals surface area contributed by atoms with Gasteiger partial charge in [-0.1, -0.05) is 36.8 Å². The third-order valence-corrected chi connectivity index (χ3v) is 2.67. The summed E-state index contributed by atoms with van der Waals surface area (Å²) in [6, 6.07) is 9.76. The molecular formula is C14H22N2O2. The van der Waals surface area contributed by atoms with Crippen LogP contribution in [0.25, 0.3) is 0 Å². The van der Waals surface area contributed by atoms with Gasteiger partial charge in [-0.2, -0.15) is 0 Å². The number of rotatable bonds is 7. The smallest absolute Gasteiger partial charge is 0.407 e. The minimum atomic E-state index is -0.362. The summed E-state index contributed by atoms with van der Waals surface area (Å²) in [6.45, 7) is 2.98. The molecule has 1 amide bonds. The number of carbonyl (C=O) groups excluding carboxylic acids is 1. The van der Waals surface area contributed by atoms with Crippen molar-refractivity contribution in [3.8, 4) is 0 Å². The van der Waals surface area contributed by atoms with Crippen LogP contribution in [0.3, 0.4) is 0 Å². The number of alkyl carbamates (subject to hydrolysis) is 1. The van der Waals surface area contributed by atoms with Crippen molar-refractivity contribution in [3.05, 3.63) is 35.9 Å². The molecule has 3 N–H and O–H groups in total. The van der Waals surface area contributed by atoms with Gasteiger partial charge < -0.3 is 15.8 Å². The Bertz CT molecular complexity index is 341. The maximum Gasteiger partial charge on any atom is 0.407 e. The normalized spacial score (nSPS) is 11.9. The molecule has 0 saturated carbocycles. The standard InChI is InChI=1S/C14H22N2O2/c1-12(7-5-6-10-15)16-14(17)18-11-13-8-3-2-4-9-13/h2-4,8-9,12H,5-7,10-11,15H2,1H3,(H,16,17)/t12-/m0/s1. The van der Waals surface area contributed by atoms with Crippen LogP contribution in [0.2, 0.25) is 0 Å². The molecule has 18 heavy (non-hydrogen) atoms. The summed E-state index contributed by atoms with van der Waals surface area (Å²) < 4.78 is 5.13. The van der Waals surface area contributed by atoms with E-state index in [2.05, 4.69) is 5.32 Å². The van der Waals surface area contributed by atoms with E-state index >= 15 is 0 Å². The zero-order valence-corrected chi connectivity index (χ0v) is 10.9. The highest BCUT2D eigenvalue weighted by Crippen LogP contribution is 2.02. The molecule has 0 heterocycles. The van der Waals surface area contributed by atoms with Crippen molar-refractivity contribution >= 4 is 6.09 Å². The SMILES string of the molecule is C[C@@H](CCCCN)NC(=O)OCc1ccccc1. The highest BCUT2D eigenvalue weighted by molar-refractivity contribution is 5.67. The van der Waals surface area contributed by atoms with E-state index in [4.69, 9.17) is 10.5 Å². The number of unbranched alkanes of at least 4 members (excludes halogenated alkanes) is 1. The summed E-state index contributed by atoms with van der Waals surface area (Å²) in [5, 5.41) is 2.81. The molecule has 1 rings (SSSR count). The number of hydrogen-bond donors (Lipinski definition) is 2. The molecule has 0 saturated heterocycles. The molecule has 4 heteroatoms. The first kappa shape index (κ1) is 14.5. The van der Waals surface area contributed by atoms with Gasteiger partial charge in [0.15, 0.2) is 0 Å². The summed E-state index contributed by atoms with van der Waals surface area (Å²) in [5.74, 6) is 0. The monoisotopic (exact) mass is 250 g/mol. The van der Waals surface area contributed by atoms with Crippen LogP contribution in [0.15, 0.2) is 30.3 Å². The Balaban J connectivity index is 2.17. The molecule has 4 nitrogen and oxygen atoms in total. The average molecular weight is 250 g/mol. The van der Waals surface area contributed by atoms with Crippen molar-refractivity contribution in [3.63, 3.8) is 0 Å². The maximum absolute atomic E-state index is 11.5. The predicted octanol–water partition coefficient (Wildman–Crippen LogP) is 2.43. The van der Waals surface area contributed by atoms with Crippen LogP contribution in [0.4, 0.5) is 4.79 Å². The molecule has 0 aliphatic carbocycles. The second-order valence-corrected chi connectivity index (χ2v) is 4.39. The predicted molar refractivity (Wildman–Crippen MR) is 72.1 cm³/mol. The van der Waals surface area contributed by atoms with E-state index in [1.54, 1.807) is 0 Å². The highest BCUT2D eigenvalue weighted by atomic mass is 16.5. The molecule has 0 fully saturated rings. The lowest BCUT2D eigenvalue weighted by atomic mass is 10.1. The first-order valence-corrected chi connectivity index (χ1v) is 6.39. The molecular weight excluding hydrogens is 228 g/mol. The maximum atomic E-state index is 11.5. The zero-order chi connectivity index (χ0) is 13.2. The van der Waals surface area contributed by atoms with Crippen LogP contribution in [0.5, 0.6) is 0 Å². The lowest BCUT2D eigenvalue weighted by Gasteiger charge is -2.13. The van der Waals surface area contributed by atoms with Crippen molar-refractivity contribution in [2.45, 2.75) is 38.8 Å². The van der Waals surface area contributed by atoms with Gasteiger partial charge in [0.25, 0.3) is 0 Å². The number of nitrogens with two attached hydrogens (primary N) is 1. The average Bonchev–Trinajstić information content (AvgIpc) is 2.38. The van der Waals surface area contributed by atoms with Gasteiger partial charge in [0.2, 0.25) is 0 Å². The summed E-state index contributed by atoms with van der Waals surface area (Å²) in [6.07, 6.45) is 2.58. The second-order valence-electron chi connectivity index (χ2n) is 4.39. The van der Waals surface area contributed by atoms with Crippen molar-refractivity contribution in [1.29, 1.82) is 0 Å². The fraction of sp³-hybridized carbons (Fsp3) is 0.500. The van der Waals surface area contributed by atoms with Gasteiger partial charge in [0.1, 0.15) is 6.61 Å². The topological polar surface area (TPSA) is 64.3 Å². The number of ether oxygens (including phenoxy) is 1. The fourth-order valence-electron chi connectivity index (χ4n) is 1.63. The minimum absolute atomic E-state index is 0.125. The number of amides is 1. The molecule has 0 unspecified atom stereocenters. The third kappa shape index (κ3) is 6.25. The van der Waals surface area contributed by atoms with Crippen LogP contribution in [-0.2, 0) is 11.3 Å².